The van der Waals surface area contributed by atoms with Crippen LogP contribution in [0.2, 0.25) is 0 Å². The number of hydrogen-bond donors (Lipinski definition) is 0. The van der Waals surface area contributed by atoms with Gasteiger partial charge in [-0.25, -0.2) is 9.68 Å². The van der Waals surface area contributed by atoms with E-state index in [1.54, 1.807) is 0 Å². The normalized spacial score (nSPS) is 14.4. The third-order valence-corrected chi connectivity index (χ3v) is 9.80. The van der Waals surface area contributed by atoms with Crippen molar-refractivity contribution in [2.24, 2.45) is 0 Å². The maximum atomic E-state index is 13.1. The zero-order chi connectivity index (χ0) is 31.4. The SMILES string of the molecule is CCCCCCCCCCCCCSC(CCCCCCC)C(C)OOC(OCCC)(P=O)C(=O)OCc1ccccc1. The maximum Gasteiger partial charge on any atom is 0.383 e. The predicted octanol–water partition coefficient (Wildman–Crippen LogP) is 11.2. The summed E-state index contributed by atoms with van der Waals surface area (Å²) in [4.78, 5) is 24.5. The van der Waals surface area contributed by atoms with Crippen LogP contribution in [0.1, 0.15) is 149 Å². The number of benzene rings is 1. The molecule has 1 rings (SSSR count). The highest BCUT2D eigenvalue weighted by molar-refractivity contribution is 7.99. The monoisotopic (exact) mass is 640 g/mol. The van der Waals surface area contributed by atoms with Crippen molar-refractivity contribution in [2.75, 3.05) is 12.4 Å². The first kappa shape index (κ1) is 40.0. The van der Waals surface area contributed by atoms with E-state index in [-0.39, 0.29) is 24.6 Å². The Balaban J connectivity index is 2.60. The van der Waals surface area contributed by atoms with Gasteiger partial charge in [0.25, 0.3) is 0 Å². The van der Waals surface area contributed by atoms with Crippen molar-refractivity contribution in [3.05, 3.63) is 35.9 Å². The Hall–Kier alpha value is -0.980. The zero-order valence-electron chi connectivity index (χ0n) is 27.7. The molecular formula is C35H61O6PS. The second kappa shape index (κ2) is 27.3. The lowest BCUT2D eigenvalue weighted by Gasteiger charge is -2.28. The number of carbonyl (C=O) groups is 1. The molecule has 0 spiro atoms. The number of hydrogen-bond acceptors (Lipinski definition) is 7. The van der Waals surface area contributed by atoms with E-state index >= 15 is 0 Å². The van der Waals surface area contributed by atoms with E-state index in [1.165, 1.54) is 96.3 Å². The summed E-state index contributed by atoms with van der Waals surface area (Å²) in [6.45, 7) is 8.58. The van der Waals surface area contributed by atoms with E-state index in [9.17, 15) is 9.36 Å². The summed E-state index contributed by atoms with van der Waals surface area (Å²) < 4.78 is 23.4. The zero-order valence-corrected chi connectivity index (χ0v) is 29.4. The van der Waals surface area contributed by atoms with Crippen LogP contribution < -0.4 is 0 Å². The summed E-state index contributed by atoms with van der Waals surface area (Å²) in [7, 11) is -0.657. The Morgan fingerprint density at radius 2 is 1.35 bits per heavy atom. The highest BCUT2D eigenvalue weighted by atomic mass is 32.2. The maximum absolute atomic E-state index is 13.1. The lowest BCUT2D eigenvalue weighted by atomic mass is 10.1. The van der Waals surface area contributed by atoms with Gasteiger partial charge in [-0.3, -0.25) is 4.57 Å². The quantitative estimate of drug-likeness (QED) is 0.0207. The van der Waals surface area contributed by atoms with Crippen LogP contribution in [0.4, 0.5) is 0 Å². The van der Waals surface area contributed by atoms with Gasteiger partial charge in [0.2, 0.25) is 8.46 Å². The number of esters is 1. The Bertz CT molecular complexity index is 798. The van der Waals surface area contributed by atoms with Crippen LogP contribution in [0.15, 0.2) is 30.3 Å². The Labute approximate surface area is 269 Å². The van der Waals surface area contributed by atoms with Gasteiger partial charge in [-0.1, -0.05) is 147 Å². The minimum absolute atomic E-state index is 0.0283. The van der Waals surface area contributed by atoms with Crippen molar-refractivity contribution in [3.8, 4) is 0 Å². The van der Waals surface area contributed by atoms with E-state index in [1.807, 2.05) is 55.9 Å². The smallest absolute Gasteiger partial charge is 0.383 e. The molecule has 0 aliphatic heterocycles. The molecule has 6 nitrogen and oxygen atoms in total. The summed E-state index contributed by atoms with van der Waals surface area (Å²) >= 11 is 1.92. The molecule has 0 amide bonds. The summed E-state index contributed by atoms with van der Waals surface area (Å²) in [5.41, 5.74) is -1.33. The van der Waals surface area contributed by atoms with Crippen molar-refractivity contribution in [1.82, 2.24) is 0 Å². The van der Waals surface area contributed by atoms with Crippen molar-refractivity contribution >= 4 is 26.2 Å². The van der Waals surface area contributed by atoms with E-state index < -0.39 is 20.0 Å². The lowest BCUT2D eigenvalue weighted by Crippen LogP contribution is -2.42. The molecule has 0 fully saturated rings. The molecule has 0 heterocycles. The third-order valence-electron chi connectivity index (χ3n) is 7.60. The molecule has 43 heavy (non-hydrogen) atoms. The van der Waals surface area contributed by atoms with Gasteiger partial charge in [-0.05, 0) is 37.5 Å². The summed E-state index contributed by atoms with van der Waals surface area (Å²) in [6.07, 6.45) is 22.0. The number of rotatable bonds is 30. The number of ether oxygens (including phenoxy) is 2. The van der Waals surface area contributed by atoms with Crippen molar-refractivity contribution in [2.45, 2.75) is 167 Å². The van der Waals surface area contributed by atoms with Gasteiger partial charge >= 0.3 is 11.5 Å². The average molecular weight is 641 g/mol. The van der Waals surface area contributed by atoms with Crippen LogP contribution in [-0.4, -0.2) is 35.2 Å². The third kappa shape index (κ3) is 19.2. The molecule has 0 aliphatic rings. The van der Waals surface area contributed by atoms with Crippen molar-refractivity contribution in [1.29, 1.82) is 0 Å². The molecule has 0 aliphatic carbocycles. The van der Waals surface area contributed by atoms with Gasteiger partial charge in [0.1, 0.15) is 12.7 Å². The minimum atomic E-state index is -2.15. The molecule has 0 saturated carbocycles. The summed E-state index contributed by atoms with van der Waals surface area (Å²) in [5.74, 6) is 0.208. The standard InChI is InChI=1S/C35H61O6PS/c1-5-8-10-12-13-14-15-16-17-19-24-29-43-33(27-23-18-11-9-6-2)31(4)40-41-35(42-37,39-28-7-3)34(36)38-30-32-25-21-20-22-26-32/h20-22,25-26,31,33H,5-19,23-24,27-30H2,1-4H3. The predicted molar refractivity (Wildman–Crippen MR) is 181 cm³/mol. The van der Waals surface area contributed by atoms with Crippen LogP contribution >= 0.6 is 20.2 Å². The van der Waals surface area contributed by atoms with Crippen LogP contribution in [0.3, 0.4) is 0 Å². The minimum Gasteiger partial charge on any atom is -0.456 e. The van der Waals surface area contributed by atoms with Crippen molar-refractivity contribution in [3.63, 3.8) is 0 Å². The average Bonchev–Trinajstić information content (AvgIpc) is 3.03. The fourth-order valence-electron chi connectivity index (χ4n) is 4.86. The molecule has 1 aromatic rings. The van der Waals surface area contributed by atoms with Crippen LogP contribution in [-0.2, 0) is 35.2 Å². The van der Waals surface area contributed by atoms with Gasteiger partial charge < -0.3 is 9.47 Å². The van der Waals surface area contributed by atoms with E-state index in [0.717, 1.165) is 24.2 Å². The molecule has 0 saturated heterocycles. The molecule has 248 valence electrons. The van der Waals surface area contributed by atoms with Crippen molar-refractivity contribution < 1.29 is 28.6 Å². The highest BCUT2D eigenvalue weighted by Gasteiger charge is 2.47. The number of carbonyl (C=O) groups excluding carboxylic acids is 1. The molecule has 8 heteroatoms. The molecule has 1 aromatic carbocycles. The fraction of sp³-hybridized carbons (Fsp3) is 0.800. The fourth-order valence-corrected chi connectivity index (χ4v) is 6.54. The molecule has 3 atom stereocenters. The second-order valence-electron chi connectivity index (χ2n) is 11.6. The van der Waals surface area contributed by atoms with Crippen LogP contribution in [0.25, 0.3) is 0 Å². The van der Waals surface area contributed by atoms with E-state index in [0.29, 0.717) is 6.42 Å². The molecule has 0 N–H and O–H groups in total. The Morgan fingerprint density at radius 3 is 1.91 bits per heavy atom. The molecule has 0 radical (unpaired) electrons. The Kier molecular flexibility index (Phi) is 25.5. The first-order chi connectivity index (χ1) is 21.0. The van der Waals surface area contributed by atoms with E-state index in [4.69, 9.17) is 19.2 Å². The molecule has 3 unspecified atom stereocenters. The summed E-state index contributed by atoms with van der Waals surface area (Å²) in [5, 5.41) is 0.206. The van der Waals surface area contributed by atoms with Gasteiger partial charge in [-0.2, -0.15) is 16.6 Å². The van der Waals surface area contributed by atoms with Gasteiger partial charge in [0.05, 0.1) is 6.61 Å². The highest BCUT2D eigenvalue weighted by Crippen LogP contribution is 2.32. The summed E-state index contributed by atoms with van der Waals surface area (Å²) in [6, 6.07) is 9.34. The number of thioether (sulfide) groups is 1. The lowest BCUT2D eigenvalue weighted by molar-refractivity contribution is -0.403. The first-order valence-electron chi connectivity index (χ1n) is 17.2. The van der Waals surface area contributed by atoms with Gasteiger partial charge in [-0.15, -0.1) is 0 Å². The van der Waals surface area contributed by atoms with Crippen LogP contribution in [0, 0.1) is 0 Å². The second-order valence-corrected chi connectivity index (χ2v) is 13.7. The largest absolute Gasteiger partial charge is 0.456 e. The number of unbranched alkanes of at least 4 members (excludes halogenated alkanes) is 14. The molecule has 0 aromatic heterocycles. The van der Waals surface area contributed by atoms with E-state index in [2.05, 4.69) is 13.8 Å². The molecular weight excluding hydrogens is 579 g/mol. The van der Waals surface area contributed by atoms with Gasteiger partial charge in [0, 0.05) is 5.25 Å². The van der Waals surface area contributed by atoms with Gasteiger partial charge in [0.15, 0.2) is 0 Å². The molecule has 0 bridgehead atoms. The van der Waals surface area contributed by atoms with Crippen LogP contribution in [0.5, 0.6) is 0 Å². The Morgan fingerprint density at radius 1 is 0.791 bits per heavy atom. The topological polar surface area (TPSA) is 71.1 Å². The first-order valence-corrected chi connectivity index (χ1v) is 19.0.